The van der Waals surface area contributed by atoms with Crippen LogP contribution >= 0.6 is 0 Å². The average molecular weight is 452 g/mol. The number of benzene rings is 1. The smallest absolute Gasteiger partial charge is 0.343 e. The van der Waals surface area contributed by atoms with Gasteiger partial charge >= 0.3 is 5.97 Å². The molecule has 5 heteroatoms. The number of hydrogen-bond donors (Lipinski definition) is 1. The van der Waals surface area contributed by atoms with Crippen molar-refractivity contribution in [3.63, 3.8) is 0 Å². The van der Waals surface area contributed by atoms with Gasteiger partial charge in [-0.05, 0) is 48.9 Å². The van der Waals surface area contributed by atoms with Gasteiger partial charge in [0.1, 0.15) is 6.54 Å². The van der Waals surface area contributed by atoms with E-state index in [1.165, 1.54) is 12.0 Å². The molecule has 1 saturated heterocycles. The molecule has 2 fully saturated rings. The normalized spacial score (nSPS) is 25.8. The number of rotatable bonds is 8. The molecule has 5 nitrogen and oxygen atoms in total. The molecular weight excluding hydrogens is 412 g/mol. The van der Waals surface area contributed by atoms with E-state index in [4.69, 9.17) is 4.74 Å². The highest BCUT2D eigenvalue weighted by atomic mass is 16.6. The number of carbonyl (C=O) groups excluding carboxylic acids is 1. The first-order chi connectivity index (χ1) is 16.0. The van der Waals surface area contributed by atoms with Gasteiger partial charge in [0.15, 0.2) is 11.7 Å². The van der Waals surface area contributed by atoms with E-state index in [2.05, 4.69) is 24.2 Å². The molecule has 3 atom stereocenters. The maximum atomic E-state index is 13.6. The van der Waals surface area contributed by atoms with E-state index in [1.54, 1.807) is 0 Å². The number of hydrogen-bond acceptors (Lipinski definition) is 4. The summed E-state index contributed by atoms with van der Waals surface area (Å²) in [5.74, 6) is -0.526. The van der Waals surface area contributed by atoms with Crippen LogP contribution in [0.2, 0.25) is 0 Å². The Morgan fingerprint density at radius 1 is 1.06 bits per heavy atom. The number of esters is 1. The minimum absolute atomic E-state index is 0.0778. The Bertz CT molecular complexity index is 885. The van der Waals surface area contributed by atoms with Crippen molar-refractivity contribution in [1.82, 2.24) is 4.98 Å². The van der Waals surface area contributed by atoms with E-state index in [9.17, 15) is 9.90 Å². The number of aromatic nitrogens is 1. The molecule has 1 N–H and O–H groups in total. The minimum atomic E-state index is -1.55. The Labute approximate surface area is 198 Å². The van der Waals surface area contributed by atoms with Crippen LogP contribution in [0, 0.1) is 5.92 Å². The molecule has 1 aliphatic carbocycles. The summed E-state index contributed by atoms with van der Waals surface area (Å²) in [5, 5.41) is 11.8. The van der Waals surface area contributed by atoms with Crippen LogP contribution in [-0.2, 0) is 21.6 Å². The van der Waals surface area contributed by atoms with Crippen molar-refractivity contribution in [3.05, 3.63) is 66.0 Å². The lowest BCUT2D eigenvalue weighted by molar-refractivity contribution is -0.917. The van der Waals surface area contributed by atoms with Crippen LogP contribution in [-0.4, -0.2) is 53.3 Å². The van der Waals surface area contributed by atoms with E-state index < -0.39 is 11.6 Å². The van der Waals surface area contributed by atoms with E-state index >= 15 is 0 Å². The number of aliphatic hydroxyl groups is 1. The molecular formula is C28H39N2O3+. The highest BCUT2D eigenvalue weighted by Crippen LogP contribution is 2.41. The average Bonchev–Trinajstić information content (AvgIpc) is 2.85. The van der Waals surface area contributed by atoms with E-state index in [0.717, 1.165) is 75.5 Å². The summed E-state index contributed by atoms with van der Waals surface area (Å²) < 4.78 is 7.02. The van der Waals surface area contributed by atoms with Gasteiger partial charge in [0.2, 0.25) is 0 Å². The Balaban J connectivity index is 1.41. The predicted octanol–water partition coefficient (Wildman–Crippen LogP) is 4.63. The largest absolute Gasteiger partial charge is 0.454 e. The molecule has 0 radical (unpaired) electrons. The topological polar surface area (TPSA) is 59.4 Å². The van der Waals surface area contributed by atoms with Gasteiger partial charge in [-0.15, -0.1) is 0 Å². The lowest BCUT2D eigenvalue weighted by Gasteiger charge is -2.42. The fourth-order valence-electron chi connectivity index (χ4n) is 5.86. The van der Waals surface area contributed by atoms with Crippen molar-refractivity contribution in [1.29, 1.82) is 0 Å². The van der Waals surface area contributed by atoms with Gasteiger partial charge in [-0.2, -0.15) is 0 Å². The fraction of sp³-hybridized carbons (Fsp3) is 0.571. The Morgan fingerprint density at radius 2 is 1.79 bits per heavy atom. The molecule has 33 heavy (non-hydrogen) atoms. The molecule has 2 unspecified atom stereocenters. The monoisotopic (exact) mass is 451 g/mol. The second-order valence-electron chi connectivity index (χ2n) is 10.3. The van der Waals surface area contributed by atoms with Crippen molar-refractivity contribution in [2.75, 3.05) is 26.7 Å². The fourth-order valence-corrected chi connectivity index (χ4v) is 5.86. The number of ether oxygens (including phenoxy) is 1. The molecule has 0 bridgehead atoms. The second kappa shape index (κ2) is 10.8. The van der Waals surface area contributed by atoms with E-state index in [0.29, 0.717) is 5.56 Å². The van der Waals surface area contributed by atoms with Gasteiger partial charge in [0, 0.05) is 31.2 Å². The van der Waals surface area contributed by atoms with Gasteiger partial charge in [-0.25, -0.2) is 4.79 Å². The number of likely N-dealkylation sites (N-methyl/N-ethyl adjacent to an activating group) is 1. The molecule has 2 aromatic rings. The van der Waals surface area contributed by atoms with Crippen molar-refractivity contribution in [2.45, 2.75) is 69.5 Å². The van der Waals surface area contributed by atoms with Crippen molar-refractivity contribution < 1.29 is 19.1 Å². The van der Waals surface area contributed by atoms with Gasteiger partial charge in [-0.1, -0.05) is 49.6 Å². The first kappa shape index (κ1) is 23.9. The summed E-state index contributed by atoms with van der Waals surface area (Å²) in [6.45, 7) is 2.98. The van der Waals surface area contributed by atoms with Gasteiger partial charge < -0.3 is 14.3 Å². The molecule has 1 aromatic heterocycles. The van der Waals surface area contributed by atoms with Crippen molar-refractivity contribution in [2.24, 2.45) is 5.92 Å². The summed E-state index contributed by atoms with van der Waals surface area (Å²) in [5.41, 5.74) is 0.438. The summed E-state index contributed by atoms with van der Waals surface area (Å²) in [6, 6.07) is 13.6. The third kappa shape index (κ3) is 5.82. The highest BCUT2D eigenvalue weighted by molar-refractivity contribution is 5.81. The zero-order chi connectivity index (χ0) is 23.2. The zero-order valence-corrected chi connectivity index (χ0v) is 20.0. The van der Waals surface area contributed by atoms with Crippen molar-refractivity contribution >= 4 is 5.97 Å². The van der Waals surface area contributed by atoms with Crippen LogP contribution in [0.25, 0.3) is 0 Å². The van der Waals surface area contributed by atoms with Crippen LogP contribution < -0.4 is 0 Å². The molecule has 0 amide bonds. The lowest BCUT2D eigenvalue weighted by Crippen LogP contribution is -2.55. The number of carbonyl (C=O) groups is 1. The van der Waals surface area contributed by atoms with Crippen LogP contribution in [0.15, 0.2) is 54.9 Å². The third-order valence-corrected chi connectivity index (χ3v) is 7.78. The molecule has 0 spiro atoms. The van der Waals surface area contributed by atoms with E-state index in [1.807, 2.05) is 42.7 Å². The van der Waals surface area contributed by atoms with Crippen LogP contribution in [0.1, 0.15) is 62.5 Å². The SMILES string of the molecule is C[N+]1(CCCc2ccncc2)CCCC(OC(=O)[C@](O)(c2ccccc2)C2CCCCC2)C1. The number of pyridine rings is 1. The summed E-state index contributed by atoms with van der Waals surface area (Å²) in [7, 11) is 2.27. The lowest BCUT2D eigenvalue weighted by atomic mass is 9.73. The maximum absolute atomic E-state index is 13.6. The maximum Gasteiger partial charge on any atom is 0.343 e. The Morgan fingerprint density at radius 3 is 2.52 bits per heavy atom. The summed E-state index contributed by atoms with van der Waals surface area (Å²) in [4.78, 5) is 17.7. The number of aryl methyl sites for hydroxylation is 1. The number of quaternary nitrogens is 1. The van der Waals surface area contributed by atoms with Crippen LogP contribution in [0.5, 0.6) is 0 Å². The van der Waals surface area contributed by atoms with E-state index in [-0.39, 0.29) is 12.0 Å². The van der Waals surface area contributed by atoms with Gasteiger partial charge in [0.05, 0.1) is 20.1 Å². The third-order valence-electron chi connectivity index (χ3n) is 7.78. The Hall–Kier alpha value is -2.24. The summed E-state index contributed by atoms with van der Waals surface area (Å²) in [6.07, 6.45) is 12.6. The zero-order valence-electron chi connectivity index (χ0n) is 20.0. The molecule has 178 valence electrons. The second-order valence-corrected chi connectivity index (χ2v) is 10.3. The molecule has 2 heterocycles. The quantitative estimate of drug-likeness (QED) is 0.469. The number of likely N-dealkylation sites (tertiary alicyclic amines) is 1. The highest BCUT2D eigenvalue weighted by Gasteiger charge is 2.48. The standard InChI is InChI=1S/C28H39N2O3/c1-30(20-8-10-23-16-18-29-19-17-23)21-9-15-26(22-30)33-27(31)28(32,24-11-4-2-5-12-24)25-13-6-3-7-14-25/h2,4-5,11-12,16-19,25-26,32H,3,6-10,13-15,20-22H2,1H3/q+1/t26?,28-,30?/m0/s1. The molecule has 1 aliphatic heterocycles. The molecule has 4 rings (SSSR count). The van der Waals surface area contributed by atoms with Crippen LogP contribution in [0.3, 0.4) is 0 Å². The summed E-state index contributed by atoms with van der Waals surface area (Å²) >= 11 is 0. The predicted molar refractivity (Wildman–Crippen MR) is 129 cm³/mol. The first-order valence-electron chi connectivity index (χ1n) is 12.7. The minimum Gasteiger partial charge on any atom is -0.454 e. The van der Waals surface area contributed by atoms with Crippen molar-refractivity contribution in [3.8, 4) is 0 Å². The molecule has 2 aliphatic rings. The van der Waals surface area contributed by atoms with Crippen LogP contribution in [0.4, 0.5) is 0 Å². The van der Waals surface area contributed by atoms with Gasteiger partial charge in [0.25, 0.3) is 0 Å². The van der Waals surface area contributed by atoms with Gasteiger partial charge in [-0.3, -0.25) is 4.98 Å². The Kier molecular flexibility index (Phi) is 7.82. The number of nitrogens with zero attached hydrogens (tertiary/aromatic N) is 2. The molecule has 1 aromatic carbocycles. The number of piperidine rings is 1. The molecule has 1 saturated carbocycles. The first-order valence-corrected chi connectivity index (χ1v) is 12.7.